The Morgan fingerprint density at radius 2 is 0.815 bits per heavy atom. The number of carbonyl (C=O) groups is 6. The van der Waals surface area contributed by atoms with Gasteiger partial charge in [-0.1, -0.05) is 18.2 Å². The Labute approximate surface area is 526 Å². The SMILES string of the molecule is N#CC1(C(=O)N2CC3(CCC(c4cccc5nc(NC(=O)C6CC6)nn45)CC3)C2)CC1.O=C(Nc1nc2cccc(C3CCC4(CC3)CN(C(=O)CC(F)(F)F)C4)n2n1)C1CC1.O=C(Nc1nc2cccc(C3CCC4(CC3)CN(C(=O)CC(F)F)C4)n2n1)C1CC1. The second-order valence-electron chi connectivity index (χ2n) is 28.3. The van der Waals surface area contributed by atoms with E-state index in [1.165, 1.54) is 4.90 Å². The van der Waals surface area contributed by atoms with Gasteiger partial charge in [-0.05, 0) is 165 Å². The van der Waals surface area contributed by atoms with Crippen LogP contribution in [0.3, 0.4) is 0 Å². The molecule has 7 saturated carbocycles. The lowest BCUT2D eigenvalue weighted by atomic mass is 9.65. The van der Waals surface area contributed by atoms with Gasteiger partial charge in [-0.15, -0.1) is 15.3 Å². The maximum absolute atomic E-state index is 12.6. The quantitative estimate of drug-likeness (QED) is 0.0911. The van der Waals surface area contributed by atoms with Crippen LogP contribution in [0, 0.1) is 50.7 Å². The number of nitriles is 1. The summed E-state index contributed by atoms with van der Waals surface area (Å²) in [5.41, 5.74) is 4.93. The number of nitrogens with one attached hydrogen (secondary N) is 3. The van der Waals surface area contributed by atoms with Crippen molar-refractivity contribution in [1.29, 1.82) is 5.26 Å². The number of hydrogen-bond acceptors (Lipinski definition) is 13. The summed E-state index contributed by atoms with van der Waals surface area (Å²) in [4.78, 5) is 90.4. The van der Waals surface area contributed by atoms with Gasteiger partial charge in [0.05, 0.1) is 12.5 Å². The van der Waals surface area contributed by atoms with E-state index in [4.69, 9.17) is 0 Å². The third-order valence-corrected chi connectivity index (χ3v) is 21.3. The molecule has 16 rings (SSSR count). The number of likely N-dealkylation sites (tertiary alicyclic amines) is 3. The second kappa shape index (κ2) is 23.7. The van der Waals surface area contributed by atoms with Crippen molar-refractivity contribution in [3.8, 4) is 6.07 Å². The number of rotatable bonds is 13. The summed E-state index contributed by atoms with van der Waals surface area (Å²) in [5.74, 6) is 1.06. The number of carbonyl (C=O) groups excluding carboxylic acids is 6. The molecule has 3 saturated heterocycles. The smallest absolute Gasteiger partial charge is 0.341 e. The number of alkyl halides is 5. The van der Waals surface area contributed by atoms with Gasteiger partial charge in [0.25, 0.3) is 0 Å². The molecule has 0 atom stereocenters. The summed E-state index contributed by atoms with van der Waals surface area (Å²) in [6, 6.07) is 20.0. The number of pyridine rings is 3. The molecule has 3 spiro atoms. The van der Waals surface area contributed by atoms with Crippen molar-refractivity contribution in [2.75, 3.05) is 55.2 Å². The molecule has 22 nitrogen and oxygen atoms in total. The van der Waals surface area contributed by atoms with E-state index in [9.17, 15) is 56.0 Å². The predicted molar refractivity (Wildman–Crippen MR) is 322 cm³/mol. The van der Waals surface area contributed by atoms with E-state index >= 15 is 0 Å². The average Bonchev–Trinajstić information content (AvgIpc) is 1.65. The van der Waals surface area contributed by atoms with E-state index < -0.39 is 42.7 Å². The van der Waals surface area contributed by atoms with Crippen LogP contribution in [0.2, 0.25) is 0 Å². The number of anilines is 3. The van der Waals surface area contributed by atoms with Crippen molar-refractivity contribution in [2.24, 2.45) is 39.4 Å². The summed E-state index contributed by atoms with van der Waals surface area (Å²) in [6.07, 6.45) is 9.54. The van der Waals surface area contributed by atoms with Gasteiger partial charge in [0.2, 0.25) is 59.7 Å². The number of halogens is 5. The highest BCUT2D eigenvalue weighted by molar-refractivity contribution is 5.94. The van der Waals surface area contributed by atoms with Crippen LogP contribution in [0.4, 0.5) is 39.8 Å². The number of hydrogen-bond donors (Lipinski definition) is 3. The molecule has 0 radical (unpaired) electrons. The Morgan fingerprint density at radius 3 is 1.11 bits per heavy atom. The van der Waals surface area contributed by atoms with E-state index in [1.54, 1.807) is 9.42 Å². The van der Waals surface area contributed by atoms with E-state index in [2.05, 4.69) is 64.4 Å². The standard InChI is InChI=1S/C23H26N6O2.C21H24F3N5O2.C21H25F2N5O2/c24-12-23(10-11-23)20(31)28-13-22(14-28)8-6-15(7-9-22)17-2-1-3-18-25-21(27-29(17)18)26-19(30)16-4-5-16;22-21(23,24)10-17(30)28-11-20(12-28)8-6-13(7-9-20)15-2-1-3-16-25-19(27-29(15)16)26-18(31)14-4-5-14;22-16(23)10-18(29)27-11-21(12-27)8-6-13(7-9-21)15-2-1-3-17-24-20(26-28(15)17)25-19(30)14-4-5-14/h1-3,15-16H,4-11,13-14H2,(H,26,27,30);1-3,13-14H,4-12H2,(H,26,27,31);1-3,13-14,16H,4-12H2,(H,25,26,30). The highest BCUT2D eigenvalue weighted by atomic mass is 19.4. The highest BCUT2D eigenvalue weighted by Crippen LogP contribution is 2.54. The fourth-order valence-corrected chi connectivity index (χ4v) is 15.2. The summed E-state index contributed by atoms with van der Waals surface area (Å²) >= 11 is 0. The molecule has 6 amide bonds. The van der Waals surface area contributed by atoms with Crippen LogP contribution in [0.25, 0.3) is 16.9 Å². The Hall–Kier alpha value is -8.18. The number of aromatic nitrogens is 9. The molecule has 486 valence electrons. The minimum absolute atomic E-state index is 0.0111. The van der Waals surface area contributed by atoms with Crippen LogP contribution in [0.1, 0.15) is 176 Å². The van der Waals surface area contributed by atoms with E-state index in [0.717, 1.165) is 164 Å². The lowest BCUT2D eigenvalue weighted by Crippen LogP contribution is -2.60. The molecule has 9 heterocycles. The number of fused-ring (bicyclic) bond motifs is 3. The molecule has 10 aliphatic rings. The van der Waals surface area contributed by atoms with Crippen molar-refractivity contribution in [1.82, 2.24) is 58.5 Å². The Bertz CT molecular complexity index is 3890. The molecule has 27 heteroatoms. The van der Waals surface area contributed by atoms with Gasteiger partial charge in [0.1, 0.15) is 11.8 Å². The molecule has 3 aliphatic heterocycles. The van der Waals surface area contributed by atoms with Gasteiger partial charge in [-0.3, -0.25) is 44.7 Å². The normalized spacial score (nSPS) is 23.3. The Morgan fingerprint density at radius 1 is 0.489 bits per heavy atom. The minimum Gasteiger partial charge on any atom is -0.341 e. The topological polar surface area (TPSA) is 263 Å². The van der Waals surface area contributed by atoms with Crippen LogP contribution in [-0.2, 0) is 28.8 Å². The summed E-state index contributed by atoms with van der Waals surface area (Å²) in [6.45, 7) is 3.62. The van der Waals surface area contributed by atoms with E-state index in [1.807, 2.05) is 56.4 Å². The lowest BCUT2D eigenvalue weighted by Gasteiger charge is -2.54. The van der Waals surface area contributed by atoms with Gasteiger partial charge in [-0.2, -0.15) is 33.4 Å². The third kappa shape index (κ3) is 12.9. The molecular formula is C65H75F5N16O6. The molecule has 0 bridgehead atoms. The molecule has 3 N–H and O–H groups in total. The fourth-order valence-electron chi connectivity index (χ4n) is 15.2. The van der Waals surface area contributed by atoms with E-state index in [-0.39, 0.29) is 63.5 Å². The lowest BCUT2D eigenvalue weighted by molar-refractivity contribution is -0.171. The van der Waals surface area contributed by atoms with Crippen molar-refractivity contribution in [2.45, 2.75) is 172 Å². The van der Waals surface area contributed by atoms with Gasteiger partial charge in [0, 0.05) is 108 Å². The Balaban J connectivity index is 0.000000120. The van der Waals surface area contributed by atoms with Crippen molar-refractivity contribution >= 4 is 70.2 Å². The Kier molecular flexibility index (Phi) is 15.8. The van der Waals surface area contributed by atoms with Crippen molar-refractivity contribution in [3.05, 3.63) is 71.7 Å². The van der Waals surface area contributed by atoms with Gasteiger partial charge in [-0.25, -0.2) is 22.3 Å². The minimum atomic E-state index is -4.45. The fraction of sp³-hybridized carbons (Fsp3) is 0.615. The molecule has 92 heavy (non-hydrogen) atoms. The molecule has 10 fully saturated rings. The molecule has 0 aromatic carbocycles. The molecule has 6 aromatic rings. The van der Waals surface area contributed by atoms with Crippen LogP contribution >= 0.6 is 0 Å². The monoisotopic (exact) mass is 1270 g/mol. The van der Waals surface area contributed by atoms with Crippen molar-refractivity contribution < 1.29 is 50.7 Å². The number of nitrogens with zero attached hydrogens (tertiary/aromatic N) is 13. The average molecular weight is 1270 g/mol. The summed E-state index contributed by atoms with van der Waals surface area (Å²) in [7, 11) is 0. The first-order valence-corrected chi connectivity index (χ1v) is 32.8. The zero-order valence-corrected chi connectivity index (χ0v) is 51.2. The van der Waals surface area contributed by atoms with E-state index in [0.29, 0.717) is 67.2 Å². The van der Waals surface area contributed by atoms with Crippen LogP contribution < -0.4 is 16.0 Å². The maximum atomic E-state index is 12.6. The summed E-state index contributed by atoms with van der Waals surface area (Å²) < 4.78 is 67.7. The van der Waals surface area contributed by atoms with Crippen LogP contribution in [0.15, 0.2) is 54.6 Å². The first-order chi connectivity index (χ1) is 44.1. The molecule has 7 aliphatic carbocycles. The van der Waals surface area contributed by atoms with Gasteiger partial charge in [0.15, 0.2) is 16.9 Å². The van der Waals surface area contributed by atoms with Gasteiger partial charge >= 0.3 is 6.18 Å². The van der Waals surface area contributed by atoms with Crippen LogP contribution in [0.5, 0.6) is 0 Å². The molecule has 6 aromatic heterocycles. The predicted octanol–water partition coefficient (Wildman–Crippen LogP) is 9.60. The number of amides is 6. The van der Waals surface area contributed by atoms with Crippen LogP contribution in [-0.4, -0.2) is 146 Å². The van der Waals surface area contributed by atoms with Crippen molar-refractivity contribution in [3.63, 3.8) is 0 Å². The molecule has 0 unspecified atom stereocenters. The third-order valence-electron chi connectivity index (χ3n) is 21.3. The summed E-state index contributed by atoms with van der Waals surface area (Å²) in [5, 5.41) is 31.3. The maximum Gasteiger partial charge on any atom is 0.397 e. The highest BCUT2D eigenvalue weighted by Gasteiger charge is 2.58. The zero-order chi connectivity index (χ0) is 63.9. The molecular weight excluding hydrogens is 1200 g/mol. The zero-order valence-electron chi connectivity index (χ0n) is 51.2. The first kappa shape index (κ1) is 61.3. The first-order valence-electron chi connectivity index (χ1n) is 32.8. The largest absolute Gasteiger partial charge is 0.397 e. The van der Waals surface area contributed by atoms with Gasteiger partial charge < -0.3 is 14.7 Å². The second-order valence-corrected chi connectivity index (χ2v) is 28.3.